The highest BCUT2D eigenvalue weighted by molar-refractivity contribution is 5.96. The van der Waals surface area contributed by atoms with Crippen molar-refractivity contribution in [3.05, 3.63) is 35.4 Å². The molecule has 0 saturated heterocycles. The van der Waals surface area contributed by atoms with Crippen LogP contribution < -0.4 is 0 Å². The Morgan fingerprint density at radius 1 is 1.33 bits per heavy atom. The van der Waals surface area contributed by atoms with Crippen molar-refractivity contribution >= 4 is 5.78 Å². The van der Waals surface area contributed by atoms with Gasteiger partial charge in [0.2, 0.25) is 0 Å². The van der Waals surface area contributed by atoms with Gasteiger partial charge in [-0.1, -0.05) is 31.5 Å². The fraction of sp³-hybridized carbons (Fsp3) is 0.562. The molecule has 1 fully saturated rings. The van der Waals surface area contributed by atoms with Gasteiger partial charge in [-0.2, -0.15) is 0 Å². The molecule has 0 amide bonds. The Morgan fingerprint density at radius 2 is 2.17 bits per heavy atom. The van der Waals surface area contributed by atoms with Crippen LogP contribution in [0.4, 0.5) is 0 Å². The van der Waals surface area contributed by atoms with Crippen molar-refractivity contribution in [2.24, 2.45) is 0 Å². The third-order valence-corrected chi connectivity index (χ3v) is 3.61. The average molecular weight is 246 g/mol. The van der Waals surface area contributed by atoms with Crippen LogP contribution in [0.3, 0.4) is 0 Å². The Hall–Kier alpha value is -1.15. The number of benzene rings is 1. The van der Waals surface area contributed by atoms with Crippen LogP contribution in [0.2, 0.25) is 0 Å². The highest BCUT2D eigenvalue weighted by Gasteiger charge is 2.20. The van der Waals surface area contributed by atoms with Crippen LogP contribution in [0.1, 0.15) is 60.9 Å². The molecule has 0 atom stereocenters. The first-order valence-corrected chi connectivity index (χ1v) is 7.02. The second kappa shape index (κ2) is 6.69. The zero-order valence-electron chi connectivity index (χ0n) is 11.2. The van der Waals surface area contributed by atoms with Crippen LogP contribution in [-0.4, -0.2) is 19.0 Å². The van der Waals surface area contributed by atoms with E-state index in [0.29, 0.717) is 18.9 Å². The van der Waals surface area contributed by atoms with Gasteiger partial charge in [0.25, 0.3) is 0 Å². The molecule has 2 nitrogen and oxygen atoms in total. The summed E-state index contributed by atoms with van der Waals surface area (Å²) in [4.78, 5) is 12.0. The van der Waals surface area contributed by atoms with Crippen molar-refractivity contribution in [2.45, 2.75) is 44.9 Å². The molecule has 2 heteroatoms. The highest BCUT2D eigenvalue weighted by atomic mass is 16.5. The molecule has 98 valence electrons. The molecular formula is C16H22O2. The summed E-state index contributed by atoms with van der Waals surface area (Å²) in [6.07, 6.45) is 5.38. The quantitative estimate of drug-likeness (QED) is 0.538. The van der Waals surface area contributed by atoms with Gasteiger partial charge in [0.05, 0.1) is 6.61 Å². The summed E-state index contributed by atoms with van der Waals surface area (Å²) >= 11 is 0. The number of rotatable bonds is 7. The van der Waals surface area contributed by atoms with E-state index in [0.717, 1.165) is 18.6 Å². The van der Waals surface area contributed by atoms with Crippen molar-refractivity contribution in [2.75, 3.05) is 13.2 Å². The number of Topliss-reactive ketones (excluding diaryl/α,β-unsaturated/α-hetero) is 1. The fourth-order valence-corrected chi connectivity index (χ4v) is 2.26. The minimum absolute atomic E-state index is 0.201. The summed E-state index contributed by atoms with van der Waals surface area (Å²) in [5.41, 5.74) is 2.18. The Labute approximate surface area is 109 Å². The molecule has 1 aliphatic carbocycles. The maximum atomic E-state index is 12.0. The maximum Gasteiger partial charge on any atom is 0.165 e. The van der Waals surface area contributed by atoms with E-state index in [-0.39, 0.29) is 5.78 Å². The molecule has 1 aliphatic rings. The lowest BCUT2D eigenvalue weighted by Gasteiger charge is -2.26. The van der Waals surface area contributed by atoms with Crippen LogP contribution in [0, 0.1) is 0 Å². The van der Waals surface area contributed by atoms with Gasteiger partial charge >= 0.3 is 0 Å². The number of carbonyl (C=O) groups is 1. The van der Waals surface area contributed by atoms with Crippen LogP contribution in [0.5, 0.6) is 0 Å². The van der Waals surface area contributed by atoms with Crippen molar-refractivity contribution in [3.8, 4) is 0 Å². The predicted octanol–water partition coefficient (Wildman–Crippen LogP) is 3.95. The predicted molar refractivity (Wildman–Crippen MR) is 73.1 cm³/mol. The van der Waals surface area contributed by atoms with E-state index in [1.165, 1.54) is 24.8 Å². The van der Waals surface area contributed by atoms with Crippen LogP contribution in [-0.2, 0) is 4.74 Å². The van der Waals surface area contributed by atoms with Crippen molar-refractivity contribution < 1.29 is 9.53 Å². The Morgan fingerprint density at radius 3 is 2.83 bits per heavy atom. The normalized spacial score (nSPS) is 15.4. The van der Waals surface area contributed by atoms with E-state index in [9.17, 15) is 4.79 Å². The second-order valence-corrected chi connectivity index (χ2v) is 5.04. The number of ketones is 1. The highest BCUT2D eigenvalue weighted by Crippen LogP contribution is 2.36. The fourth-order valence-electron chi connectivity index (χ4n) is 2.26. The summed E-state index contributed by atoms with van der Waals surface area (Å²) in [7, 11) is 0. The van der Waals surface area contributed by atoms with Gasteiger partial charge in [0.15, 0.2) is 5.78 Å². The molecule has 0 aromatic heterocycles. The first-order valence-electron chi connectivity index (χ1n) is 7.02. The molecule has 1 aromatic rings. The van der Waals surface area contributed by atoms with E-state index in [1.807, 2.05) is 12.1 Å². The minimum Gasteiger partial charge on any atom is -0.381 e. The van der Waals surface area contributed by atoms with E-state index in [4.69, 9.17) is 4.74 Å². The lowest BCUT2D eigenvalue weighted by molar-refractivity contribution is 0.0878. The summed E-state index contributed by atoms with van der Waals surface area (Å²) in [5.74, 6) is 0.890. The molecule has 0 heterocycles. The van der Waals surface area contributed by atoms with E-state index < -0.39 is 0 Å². The largest absolute Gasteiger partial charge is 0.381 e. The topological polar surface area (TPSA) is 26.3 Å². The van der Waals surface area contributed by atoms with E-state index >= 15 is 0 Å². The lowest BCUT2D eigenvalue weighted by Crippen LogP contribution is -2.10. The SMILES string of the molecule is CCCOCCC(=O)c1cccc(C2CCC2)c1. The third-order valence-electron chi connectivity index (χ3n) is 3.61. The number of hydrogen-bond donors (Lipinski definition) is 0. The first-order chi connectivity index (χ1) is 8.81. The van der Waals surface area contributed by atoms with Gasteiger partial charge in [-0.25, -0.2) is 0 Å². The molecule has 0 aliphatic heterocycles. The Bertz CT molecular complexity index is 394. The van der Waals surface area contributed by atoms with Crippen LogP contribution >= 0.6 is 0 Å². The Kier molecular flexibility index (Phi) is 4.94. The van der Waals surface area contributed by atoms with Gasteiger partial charge in [-0.3, -0.25) is 4.79 Å². The van der Waals surface area contributed by atoms with Gasteiger partial charge in [0, 0.05) is 18.6 Å². The van der Waals surface area contributed by atoms with Gasteiger partial charge in [-0.05, 0) is 36.8 Å². The molecule has 0 unspecified atom stereocenters. The van der Waals surface area contributed by atoms with Gasteiger partial charge in [0.1, 0.15) is 0 Å². The standard InChI is InChI=1S/C16H22O2/c1-2-10-18-11-9-16(17)15-8-4-7-14(12-15)13-5-3-6-13/h4,7-8,12-13H,2-3,5-6,9-11H2,1H3. The van der Waals surface area contributed by atoms with Crippen LogP contribution in [0.25, 0.3) is 0 Å². The summed E-state index contributed by atoms with van der Waals surface area (Å²) in [6.45, 7) is 3.36. The van der Waals surface area contributed by atoms with Crippen molar-refractivity contribution in [1.82, 2.24) is 0 Å². The number of carbonyl (C=O) groups excluding carboxylic acids is 1. The molecule has 1 saturated carbocycles. The number of ether oxygens (including phenoxy) is 1. The minimum atomic E-state index is 0.201. The zero-order chi connectivity index (χ0) is 12.8. The molecule has 0 radical (unpaired) electrons. The molecular weight excluding hydrogens is 224 g/mol. The smallest absolute Gasteiger partial charge is 0.165 e. The Balaban J connectivity index is 1.88. The summed E-state index contributed by atoms with van der Waals surface area (Å²) in [6, 6.07) is 8.15. The van der Waals surface area contributed by atoms with Crippen LogP contribution in [0.15, 0.2) is 24.3 Å². The summed E-state index contributed by atoms with van der Waals surface area (Å²) < 4.78 is 5.36. The van der Waals surface area contributed by atoms with Gasteiger partial charge in [-0.15, -0.1) is 0 Å². The molecule has 18 heavy (non-hydrogen) atoms. The second-order valence-electron chi connectivity index (χ2n) is 5.04. The first kappa shape index (κ1) is 13.3. The zero-order valence-corrected chi connectivity index (χ0v) is 11.2. The molecule has 0 bridgehead atoms. The van der Waals surface area contributed by atoms with Crippen molar-refractivity contribution in [3.63, 3.8) is 0 Å². The average Bonchev–Trinajstić information content (AvgIpc) is 2.33. The molecule has 0 spiro atoms. The summed E-state index contributed by atoms with van der Waals surface area (Å²) in [5, 5.41) is 0. The third kappa shape index (κ3) is 3.42. The maximum absolute atomic E-state index is 12.0. The molecule has 2 rings (SSSR count). The van der Waals surface area contributed by atoms with Gasteiger partial charge < -0.3 is 4.74 Å². The molecule has 0 N–H and O–H groups in total. The van der Waals surface area contributed by atoms with Crippen molar-refractivity contribution in [1.29, 1.82) is 0 Å². The van der Waals surface area contributed by atoms with E-state index in [2.05, 4.69) is 19.1 Å². The lowest BCUT2D eigenvalue weighted by atomic mass is 9.79. The monoisotopic (exact) mass is 246 g/mol. The molecule has 1 aromatic carbocycles. The van der Waals surface area contributed by atoms with E-state index in [1.54, 1.807) is 0 Å². The number of hydrogen-bond acceptors (Lipinski definition) is 2.